The Kier molecular flexibility index (Phi) is 3.22. The van der Waals surface area contributed by atoms with E-state index in [1.807, 2.05) is 35.0 Å². The lowest BCUT2D eigenvalue weighted by Gasteiger charge is -2.10. The van der Waals surface area contributed by atoms with Crippen molar-refractivity contribution in [1.82, 2.24) is 9.55 Å². The quantitative estimate of drug-likeness (QED) is 0.842. The zero-order valence-corrected chi connectivity index (χ0v) is 9.26. The second kappa shape index (κ2) is 4.81. The van der Waals surface area contributed by atoms with Crippen LogP contribution in [-0.2, 0) is 13.1 Å². The first-order valence-electron chi connectivity index (χ1n) is 5.17. The summed E-state index contributed by atoms with van der Waals surface area (Å²) in [6.07, 6.45) is 3.69. The van der Waals surface area contributed by atoms with Crippen LogP contribution in [0.25, 0.3) is 0 Å². The maximum atomic E-state index is 5.60. The van der Waals surface area contributed by atoms with Gasteiger partial charge in [-0.25, -0.2) is 4.98 Å². The molecule has 84 valence electrons. The van der Waals surface area contributed by atoms with Gasteiger partial charge in [0.2, 0.25) is 0 Å². The molecule has 0 aliphatic rings. The lowest BCUT2D eigenvalue weighted by molar-refractivity contribution is 0.408. The van der Waals surface area contributed by atoms with Crippen LogP contribution in [0.4, 0.5) is 0 Å². The Hall–Kier alpha value is -1.81. The van der Waals surface area contributed by atoms with Crippen LogP contribution in [0.5, 0.6) is 5.75 Å². The maximum Gasteiger partial charge on any atom is 0.123 e. The van der Waals surface area contributed by atoms with Crippen molar-refractivity contribution in [3.8, 4) is 5.75 Å². The summed E-state index contributed by atoms with van der Waals surface area (Å²) in [4.78, 5) is 4.18. The second-order valence-corrected chi connectivity index (χ2v) is 3.49. The molecule has 0 amide bonds. The molecule has 0 bridgehead atoms. The van der Waals surface area contributed by atoms with Gasteiger partial charge in [-0.1, -0.05) is 18.2 Å². The summed E-state index contributed by atoms with van der Waals surface area (Å²) in [5.74, 6) is 1.77. The minimum atomic E-state index is 0.447. The maximum absolute atomic E-state index is 5.60. The molecule has 0 radical (unpaired) electrons. The third kappa shape index (κ3) is 2.06. The SMILES string of the molecule is COc1ccccc1Cn1ccnc1CN. The molecule has 1 heterocycles. The van der Waals surface area contributed by atoms with E-state index < -0.39 is 0 Å². The number of benzene rings is 1. The summed E-state index contributed by atoms with van der Waals surface area (Å²) in [5.41, 5.74) is 6.73. The molecule has 4 heteroatoms. The molecule has 2 rings (SSSR count). The molecule has 0 saturated heterocycles. The lowest BCUT2D eigenvalue weighted by Crippen LogP contribution is -2.09. The third-order valence-electron chi connectivity index (χ3n) is 2.52. The highest BCUT2D eigenvalue weighted by Gasteiger charge is 2.05. The first-order chi connectivity index (χ1) is 7.85. The predicted octanol–water partition coefficient (Wildman–Crippen LogP) is 1.40. The number of hydrogen-bond donors (Lipinski definition) is 1. The highest BCUT2D eigenvalue weighted by molar-refractivity contribution is 5.33. The average molecular weight is 217 g/mol. The fourth-order valence-electron chi connectivity index (χ4n) is 1.69. The van der Waals surface area contributed by atoms with Crippen molar-refractivity contribution in [3.05, 3.63) is 48.0 Å². The van der Waals surface area contributed by atoms with Gasteiger partial charge >= 0.3 is 0 Å². The van der Waals surface area contributed by atoms with Gasteiger partial charge in [-0.2, -0.15) is 0 Å². The number of imidazole rings is 1. The Balaban J connectivity index is 2.26. The summed E-state index contributed by atoms with van der Waals surface area (Å²) in [7, 11) is 1.68. The Morgan fingerprint density at radius 3 is 2.94 bits per heavy atom. The van der Waals surface area contributed by atoms with Crippen LogP contribution in [0.15, 0.2) is 36.7 Å². The van der Waals surface area contributed by atoms with Gasteiger partial charge in [-0.3, -0.25) is 0 Å². The van der Waals surface area contributed by atoms with Crippen LogP contribution in [0.2, 0.25) is 0 Å². The Labute approximate surface area is 94.7 Å². The number of para-hydroxylation sites is 1. The van der Waals surface area contributed by atoms with Crippen LogP contribution in [-0.4, -0.2) is 16.7 Å². The van der Waals surface area contributed by atoms with E-state index in [1.54, 1.807) is 13.3 Å². The number of nitrogens with two attached hydrogens (primary N) is 1. The largest absolute Gasteiger partial charge is 0.496 e. The molecule has 2 N–H and O–H groups in total. The Morgan fingerprint density at radius 2 is 2.19 bits per heavy atom. The number of ether oxygens (including phenoxy) is 1. The van der Waals surface area contributed by atoms with E-state index in [2.05, 4.69) is 4.98 Å². The van der Waals surface area contributed by atoms with E-state index >= 15 is 0 Å². The van der Waals surface area contributed by atoms with E-state index in [0.717, 1.165) is 23.7 Å². The van der Waals surface area contributed by atoms with Crippen molar-refractivity contribution in [1.29, 1.82) is 0 Å². The zero-order valence-electron chi connectivity index (χ0n) is 9.26. The van der Waals surface area contributed by atoms with E-state index in [4.69, 9.17) is 10.5 Å². The number of nitrogens with zero attached hydrogens (tertiary/aromatic N) is 2. The van der Waals surface area contributed by atoms with Crippen LogP contribution < -0.4 is 10.5 Å². The van der Waals surface area contributed by atoms with Crippen LogP contribution in [0.1, 0.15) is 11.4 Å². The molecule has 0 aliphatic heterocycles. The van der Waals surface area contributed by atoms with Gasteiger partial charge < -0.3 is 15.0 Å². The number of methoxy groups -OCH3 is 1. The minimum absolute atomic E-state index is 0.447. The topological polar surface area (TPSA) is 53.1 Å². The molecule has 0 atom stereocenters. The normalized spacial score (nSPS) is 10.4. The standard InChI is InChI=1S/C12H15N3O/c1-16-11-5-3-2-4-10(11)9-15-7-6-14-12(15)8-13/h2-7H,8-9,13H2,1H3. The molecule has 0 spiro atoms. The summed E-state index contributed by atoms with van der Waals surface area (Å²) in [6, 6.07) is 7.95. The van der Waals surface area contributed by atoms with Crippen LogP contribution in [0, 0.1) is 0 Å². The second-order valence-electron chi connectivity index (χ2n) is 3.49. The fraction of sp³-hybridized carbons (Fsp3) is 0.250. The van der Waals surface area contributed by atoms with E-state index in [0.29, 0.717) is 6.54 Å². The fourth-order valence-corrected chi connectivity index (χ4v) is 1.69. The van der Waals surface area contributed by atoms with Gasteiger partial charge in [0.1, 0.15) is 11.6 Å². The van der Waals surface area contributed by atoms with Gasteiger partial charge in [-0.15, -0.1) is 0 Å². The summed E-state index contributed by atoms with van der Waals surface area (Å²) < 4.78 is 7.33. The molecule has 4 nitrogen and oxygen atoms in total. The van der Waals surface area contributed by atoms with Gasteiger partial charge in [-0.05, 0) is 6.07 Å². The third-order valence-corrected chi connectivity index (χ3v) is 2.52. The molecule has 1 aromatic heterocycles. The molecule has 0 saturated carbocycles. The van der Waals surface area contributed by atoms with Crippen molar-refractivity contribution >= 4 is 0 Å². The smallest absolute Gasteiger partial charge is 0.123 e. The molecular formula is C12H15N3O. The Bertz CT molecular complexity index is 465. The van der Waals surface area contributed by atoms with Gasteiger partial charge in [0, 0.05) is 18.0 Å². The highest BCUT2D eigenvalue weighted by Crippen LogP contribution is 2.18. The lowest BCUT2D eigenvalue weighted by atomic mass is 10.2. The van der Waals surface area contributed by atoms with Crippen molar-refractivity contribution in [2.75, 3.05) is 7.11 Å². The summed E-state index contributed by atoms with van der Waals surface area (Å²) in [6.45, 7) is 1.18. The molecule has 2 aromatic rings. The monoisotopic (exact) mass is 217 g/mol. The molecule has 16 heavy (non-hydrogen) atoms. The minimum Gasteiger partial charge on any atom is -0.496 e. The molecule has 0 fully saturated rings. The summed E-state index contributed by atoms with van der Waals surface area (Å²) >= 11 is 0. The average Bonchev–Trinajstić information content (AvgIpc) is 2.77. The molecular weight excluding hydrogens is 202 g/mol. The Morgan fingerprint density at radius 1 is 1.38 bits per heavy atom. The van der Waals surface area contributed by atoms with E-state index in [-0.39, 0.29) is 0 Å². The van der Waals surface area contributed by atoms with E-state index in [9.17, 15) is 0 Å². The van der Waals surface area contributed by atoms with E-state index in [1.165, 1.54) is 0 Å². The number of aromatic nitrogens is 2. The molecule has 0 unspecified atom stereocenters. The molecule has 0 aliphatic carbocycles. The highest BCUT2D eigenvalue weighted by atomic mass is 16.5. The van der Waals surface area contributed by atoms with Gasteiger partial charge in [0.05, 0.1) is 20.2 Å². The first-order valence-corrected chi connectivity index (χ1v) is 5.17. The van der Waals surface area contributed by atoms with Crippen molar-refractivity contribution in [3.63, 3.8) is 0 Å². The zero-order chi connectivity index (χ0) is 11.4. The van der Waals surface area contributed by atoms with Crippen molar-refractivity contribution < 1.29 is 4.74 Å². The van der Waals surface area contributed by atoms with Gasteiger partial charge in [0.15, 0.2) is 0 Å². The number of rotatable bonds is 4. The van der Waals surface area contributed by atoms with Gasteiger partial charge in [0.25, 0.3) is 0 Å². The van der Waals surface area contributed by atoms with Crippen LogP contribution in [0.3, 0.4) is 0 Å². The predicted molar refractivity (Wildman–Crippen MR) is 62.2 cm³/mol. The van der Waals surface area contributed by atoms with Crippen molar-refractivity contribution in [2.24, 2.45) is 5.73 Å². The van der Waals surface area contributed by atoms with Crippen molar-refractivity contribution in [2.45, 2.75) is 13.1 Å². The van der Waals surface area contributed by atoms with Crippen LogP contribution >= 0.6 is 0 Å². The molecule has 1 aromatic carbocycles. The number of hydrogen-bond acceptors (Lipinski definition) is 3. The summed E-state index contributed by atoms with van der Waals surface area (Å²) in [5, 5.41) is 0. The first kappa shape index (κ1) is 10.7.